The number of benzene rings is 2. The molecular formula is C17H15ClN2O3. The maximum Gasteiger partial charge on any atom is 0.258 e. The lowest BCUT2D eigenvalue weighted by atomic mass is 10.2. The van der Waals surface area contributed by atoms with Crippen LogP contribution in [-0.4, -0.2) is 19.6 Å². The highest BCUT2D eigenvalue weighted by atomic mass is 35.5. The number of carbonyl (C=O) groups excluding carboxylic acids is 1. The van der Waals surface area contributed by atoms with Crippen molar-refractivity contribution < 1.29 is 14.3 Å². The van der Waals surface area contributed by atoms with Gasteiger partial charge in [-0.3, -0.25) is 4.79 Å². The summed E-state index contributed by atoms with van der Waals surface area (Å²) in [5.41, 5.74) is 1.36. The zero-order valence-electron chi connectivity index (χ0n) is 12.5. The van der Waals surface area contributed by atoms with Crippen molar-refractivity contribution in [2.45, 2.75) is 6.54 Å². The number of methoxy groups -OCH3 is 1. The van der Waals surface area contributed by atoms with Gasteiger partial charge in [0.1, 0.15) is 0 Å². The molecule has 5 nitrogen and oxygen atoms in total. The Morgan fingerprint density at radius 2 is 2.09 bits per heavy atom. The molecule has 0 radical (unpaired) electrons. The van der Waals surface area contributed by atoms with E-state index in [4.69, 9.17) is 26.3 Å². The average Bonchev–Trinajstić information content (AvgIpc) is 2.58. The number of carbonyl (C=O) groups is 1. The van der Waals surface area contributed by atoms with Crippen molar-refractivity contribution in [2.24, 2.45) is 0 Å². The minimum Gasteiger partial charge on any atom is -0.493 e. The highest BCUT2D eigenvalue weighted by Crippen LogP contribution is 2.27. The Morgan fingerprint density at radius 1 is 1.26 bits per heavy atom. The Morgan fingerprint density at radius 3 is 2.78 bits per heavy atom. The van der Waals surface area contributed by atoms with Crippen LogP contribution in [0.2, 0.25) is 5.02 Å². The molecule has 0 atom stereocenters. The number of nitrogens with one attached hydrogen (secondary N) is 1. The Labute approximate surface area is 139 Å². The summed E-state index contributed by atoms with van der Waals surface area (Å²) < 4.78 is 10.6. The maximum atomic E-state index is 11.8. The molecule has 0 fully saturated rings. The van der Waals surface area contributed by atoms with Gasteiger partial charge in [-0.05, 0) is 29.8 Å². The second kappa shape index (κ2) is 8.06. The van der Waals surface area contributed by atoms with E-state index in [1.54, 1.807) is 30.3 Å². The molecule has 1 amide bonds. The van der Waals surface area contributed by atoms with E-state index in [2.05, 4.69) is 5.32 Å². The number of amides is 1. The van der Waals surface area contributed by atoms with E-state index in [0.717, 1.165) is 5.56 Å². The van der Waals surface area contributed by atoms with Crippen LogP contribution in [0.3, 0.4) is 0 Å². The fourth-order valence-electron chi connectivity index (χ4n) is 1.90. The summed E-state index contributed by atoms with van der Waals surface area (Å²) in [5.74, 6) is 0.549. The summed E-state index contributed by atoms with van der Waals surface area (Å²) in [5, 5.41) is 12.2. The molecule has 2 aromatic rings. The number of ether oxygens (including phenoxy) is 2. The summed E-state index contributed by atoms with van der Waals surface area (Å²) >= 11 is 5.89. The lowest BCUT2D eigenvalue weighted by molar-refractivity contribution is -0.123. The normalized spacial score (nSPS) is 9.78. The van der Waals surface area contributed by atoms with Crippen molar-refractivity contribution in [2.75, 3.05) is 13.7 Å². The fourth-order valence-corrected chi connectivity index (χ4v) is 2.11. The molecule has 118 valence electrons. The molecule has 0 heterocycles. The first kappa shape index (κ1) is 16.7. The molecule has 1 N–H and O–H groups in total. The number of hydrogen-bond acceptors (Lipinski definition) is 4. The van der Waals surface area contributed by atoms with Gasteiger partial charge in [-0.1, -0.05) is 23.7 Å². The maximum absolute atomic E-state index is 11.8. The van der Waals surface area contributed by atoms with E-state index < -0.39 is 0 Å². The summed E-state index contributed by atoms with van der Waals surface area (Å²) in [6.07, 6.45) is 0. The Bertz CT molecular complexity index is 741. The molecule has 0 aliphatic rings. The topological polar surface area (TPSA) is 71.3 Å². The standard InChI is InChI=1S/C17H15ClN2O3/c1-22-16-8-12(9-19)5-6-15(16)23-11-17(21)20-10-13-3-2-4-14(18)7-13/h2-8H,10-11H2,1H3,(H,20,21). The number of rotatable bonds is 6. The number of nitrogens with zero attached hydrogens (tertiary/aromatic N) is 1. The molecule has 6 heteroatoms. The molecule has 0 aliphatic carbocycles. The first-order valence-electron chi connectivity index (χ1n) is 6.84. The quantitative estimate of drug-likeness (QED) is 0.884. The van der Waals surface area contributed by atoms with Crippen LogP contribution < -0.4 is 14.8 Å². The van der Waals surface area contributed by atoms with Gasteiger partial charge in [0.25, 0.3) is 5.91 Å². The number of nitriles is 1. The number of hydrogen-bond donors (Lipinski definition) is 1. The van der Waals surface area contributed by atoms with Crippen LogP contribution in [0.25, 0.3) is 0 Å². The Kier molecular flexibility index (Phi) is 5.84. The van der Waals surface area contributed by atoms with Gasteiger partial charge in [0, 0.05) is 17.6 Å². The molecule has 0 spiro atoms. The smallest absolute Gasteiger partial charge is 0.258 e. The van der Waals surface area contributed by atoms with Crippen molar-refractivity contribution >= 4 is 17.5 Å². The van der Waals surface area contributed by atoms with Gasteiger partial charge in [0.2, 0.25) is 0 Å². The molecular weight excluding hydrogens is 316 g/mol. The monoisotopic (exact) mass is 330 g/mol. The van der Waals surface area contributed by atoms with E-state index in [0.29, 0.717) is 28.6 Å². The molecule has 2 aromatic carbocycles. The van der Waals surface area contributed by atoms with Gasteiger partial charge in [-0.25, -0.2) is 0 Å². The van der Waals surface area contributed by atoms with Gasteiger partial charge in [-0.2, -0.15) is 5.26 Å². The van der Waals surface area contributed by atoms with E-state index >= 15 is 0 Å². The van der Waals surface area contributed by atoms with Crippen molar-refractivity contribution in [1.82, 2.24) is 5.32 Å². The fraction of sp³-hybridized carbons (Fsp3) is 0.176. The summed E-state index contributed by atoms with van der Waals surface area (Å²) in [7, 11) is 1.47. The number of halogens is 1. The van der Waals surface area contributed by atoms with E-state index in [1.165, 1.54) is 7.11 Å². The third-order valence-corrected chi connectivity index (χ3v) is 3.27. The van der Waals surface area contributed by atoms with Crippen LogP contribution in [0, 0.1) is 11.3 Å². The third kappa shape index (κ3) is 4.90. The third-order valence-electron chi connectivity index (χ3n) is 3.03. The van der Waals surface area contributed by atoms with Gasteiger partial charge < -0.3 is 14.8 Å². The molecule has 0 saturated heterocycles. The zero-order valence-corrected chi connectivity index (χ0v) is 13.3. The minimum absolute atomic E-state index is 0.150. The molecule has 0 aliphatic heterocycles. The van der Waals surface area contributed by atoms with Crippen LogP contribution in [0.5, 0.6) is 11.5 Å². The summed E-state index contributed by atoms with van der Waals surface area (Å²) in [4.78, 5) is 11.8. The largest absolute Gasteiger partial charge is 0.493 e. The van der Waals surface area contributed by atoms with Crippen LogP contribution in [0.15, 0.2) is 42.5 Å². The predicted octanol–water partition coefficient (Wildman–Crippen LogP) is 2.92. The summed E-state index contributed by atoms with van der Waals surface area (Å²) in [6.45, 7) is 0.218. The molecule has 0 aromatic heterocycles. The van der Waals surface area contributed by atoms with E-state index in [1.807, 2.05) is 18.2 Å². The first-order chi connectivity index (χ1) is 11.1. The van der Waals surface area contributed by atoms with Gasteiger partial charge in [0.15, 0.2) is 18.1 Å². The van der Waals surface area contributed by atoms with Gasteiger partial charge in [0.05, 0.1) is 18.7 Å². The molecule has 2 rings (SSSR count). The molecule has 0 saturated carbocycles. The van der Waals surface area contributed by atoms with E-state index in [-0.39, 0.29) is 12.5 Å². The van der Waals surface area contributed by atoms with Gasteiger partial charge in [-0.15, -0.1) is 0 Å². The van der Waals surface area contributed by atoms with Crippen molar-refractivity contribution in [3.63, 3.8) is 0 Å². The van der Waals surface area contributed by atoms with Crippen LogP contribution in [-0.2, 0) is 11.3 Å². The molecule has 23 heavy (non-hydrogen) atoms. The highest BCUT2D eigenvalue weighted by molar-refractivity contribution is 6.30. The van der Waals surface area contributed by atoms with E-state index in [9.17, 15) is 4.79 Å². The van der Waals surface area contributed by atoms with Crippen molar-refractivity contribution in [3.8, 4) is 17.6 Å². The molecule has 0 bridgehead atoms. The predicted molar refractivity (Wildman–Crippen MR) is 86.5 cm³/mol. The first-order valence-corrected chi connectivity index (χ1v) is 7.22. The Balaban J connectivity index is 1.88. The second-order valence-electron chi connectivity index (χ2n) is 4.67. The van der Waals surface area contributed by atoms with Crippen molar-refractivity contribution in [3.05, 3.63) is 58.6 Å². The van der Waals surface area contributed by atoms with Crippen LogP contribution in [0.1, 0.15) is 11.1 Å². The Hall–Kier alpha value is -2.71. The lowest BCUT2D eigenvalue weighted by Gasteiger charge is -2.11. The van der Waals surface area contributed by atoms with Crippen LogP contribution in [0.4, 0.5) is 0 Å². The lowest BCUT2D eigenvalue weighted by Crippen LogP contribution is -2.28. The highest BCUT2D eigenvalue weighted by Gasteiger charge is 2.08. The second-order valence-corrected chi connectivity index (χ2v) is 5.11. The summed E-state index contributed by atoms with van der Waals surface area (Å²) in [6, 6.07) is 14.0. The molecule has 0 unspecified atom stereocenters. The zero-order chi connectivity index (χ0) is 16.7. The van der Waals surface area contributed by atoms with Crippen LogP contribution >= 0.6 is 11.6 Å². The SMILES string of the molecule is COc1cc(C#N)ccc1OCC(=O)NCc1cccc(Cl)c1. The minimum atomic E-state index is -0.267. The van der Waals surface area contributed by atoms with Crippen molar-refractivity contribution in [1.29, 1.82) is 5.26 Å². The van der Waals surface area contributed by atoms with Gasteiger partial charge >= 0.3 is 0 Å². The average molecular weight is 331 g/mol.